The fourth-order valence-electron chi connectivity index (χ4n) is 3.15. The van der Waals surface area contributed by atoms with Crippen LogP contribution in [-0.2, 0) is 0 Å². The van der Waals surface area contributed by atoms with Crippen LogP contribution in [0.3, 0.4) is 0 Å². The normalized spacial score (nSPS) is 18.4. The van der Waals surface area contributed by atoms with E-state index in [2.05, 4.69) is 10.1 Å². The van der Waals surface area contributed by atoms with E-state index in [4.69, 9.17) is 10.2 Å². The lowest BCUT2D eigenvalue weighted by molar-refractivity contribution is 0.0674. The Morgan fingerprint density at radius 1 is 1.39 bits per heavy atom. The molecular weight excluding hydrogens is 294 g/mol. The van der Waals surface area contributed by atoms with Crippen LogP contribution in [0.15, 0.2) is 41.1 Å². The zero-order valence-corrected chi connectivity index (χ0v) is 12.6. The van der Waals surface area contributed by atoms with Gasteiger partial charge in [-0.15, -0.1) is 0 Å². The van der Waals surface area contributed by atoms with E-state index in [0.29, 0.717) is 18.3 Å². The highest BCUT2D eigenvalue weighted by Crippen LogP contribution is 2.28. The van der Waals surface area contributed by atoms with Crippen LogP contribution in [0.25, 0.3) is 5.52 Å². The van der Waals surface area contributed by atoms with Crippen LogP contribution in [0, 0.1) is 0 Å². The minimum absolute atomic E-state index is 0.0712. The van der Waals surface area contributed by atoms with Crippen molar-refractivity contribution < 1.29 is 9.21 Å². The van der Waals surface area contributed by atoms with Gasteiger partial charge in [0.2, 0.25) is 5.95 Å². The standard InChI is InChI=1S/C16H17N5O2/c17-16-19-13(9-12-5-6-18-21(12)16)11-3-1-7-20(10-11)15(22)14-4-2-8-23-14/h2,4-6,8-9,11H,1,3,7,10H2,(H2,17,19)/t11-/m1/s1. The molecule has 0 radical (unpaired) electrons. The molecule has 3 aromatic rings. The van der Waals surface area contributed by atoms with Gasteiger partial charge in [0, 0.05) is 19.0 Å². The highest BCUT2D eigenvalue weighted by Gasteiger charge is 2.28. The molecule has 118 valence electrons. The van der Waals surface area contributed by atoms with Crippen molar-refractivity contribution in [2.75, 3.05) is 18.8 Å². The summed E-state index contributed by atoms with van der Waals surface area (Å²) in [6.07, 6.45) is 5.14. The molecule has 0 spiro atoms. The number of hydrogen-bond donors (Lipinski definition) is 1. The summed E-state index contributed by atoms with van der Waals surface area (Å²) >= 11 is 0. The molecule has 7 heteroatoms. The van der Waals surface area contributed by atoms with Gasteiger partial charge in [0.1, 0.15) is 0 Å². The minimum atomic E-state index is -0.0712. The van der Waals surface area contributed by atoms with Crippen molar-refractivity contribution in [3.8, 4) is 0 Å². The number of rotatable bonds is 2. The number of nitrogens with two attached hydrogens (primary N) is 1. The maximum atomic E-state index is 12.4. The summed E-state index contributed by atoms with van der Waals surface area (Å²) in [6, 6.07) is 7.32. The van der Waals surface area contributed by atoms with Crippen molar-refractivity contribution in [3.05, 3.63) is 48.2 Å². The molecule has 1 aliphatic heterocycles. The molecule has 0 aliphatic carbocycles. The highest BCUT2D eigenvalue weighted by molar-refractivity contribution is 5.91. The van der Waals surface area contributed by atoms with Gasteiger partial charge in [-0.25, -0.2) is 9.50 Å². The molecule has 23 heavy (non-hydrogen) atoms. The molecule has 1 saturated heterocycles. The van der Waals surface area contributed by atoms with Gasteiger partial charge in [0.15, 0.2) is 5.76 Å². The highest BCUT2D eigenvalue weighted by atomic mass is 16.3. The molecule has 4 rings (SSSR count). The molecule has 1 atom stereocenters. The molecule has 1 aliphatic rings. The van der Waals surface area contributed by atoms with E-state index >= 15 is 0 Å². The van der Waals surface area contributed by atoms with Crippen LogP contribution in [0.5, 0.6) is 0 Å². The fraction of sp³-hybridized carbons (Fsp3) is 0.312. The lowest BCUT2D eigenvalue weighted by atomic mass is 9.94. The van der Waals surface area contributed by atoms with Gasteiger partial charge in [-0.2, -0.15) is 5.10 Å². The first kappa shape index (κ1) is 13.8. The maximum absolute atomic E-state index is 12.4. The molecule has 0 aromatic carbocycles. The summed E-state index contributed by atoms with van der Waals surface area (Å²) in [7, 11) is 0. The lowest BCUT2D eigenvalue weighted by Gasteiger charge is -2.32. The zero-order chi connectivity index (χ0) is 15.8. The fourth-order valence-corrected chi connectivity index (χ4v) is 3.15. The SMILES string of the molecule is Nc1nc([C@@H]2CCCN(C(=O)c3ccco3)C2)cc2ccnn12. The smallest absolute Gasteiger partial charge is 0.289 e. The third-order valence-corrected chi connectivity index (χ3v) is 4.29. The Balaban J connectivity index is 1.60. The molecule has 3 aromatic heterocycles. The largest absolute Gasteiger partial charge is 0.459 e. The Morgan fingerprint density at radius 3 is 3.13 bits per heavy atom. The van der Waals surface area contributed by atoms with Crippen LogP contribution >= 0.6 is 0 Å². The van der Waals surface area contributed by atoms with Gasteiger partial charge < -0.3 is 15.1 Å². The number of aromatic nitrogens is 3. The van der Waals surface area contributed by atoms with Crippen molar-refractivity contribution in [1.29, 1.82) is 0 Å². The second-order valence-electron chi connectivity index (χ2n) is 5.77. The van der Waals surface area contributed by atoms with Gasteiger partial charge in [-0.05, 0) is 37.1 Å². The van der Waals surface area contributed by atoms with Crippen LogP contribution in [0.2, 0.25) is 0 Å². The Morgan fingerprint density at radius 2 is 2.30 bits per heavy atom. The van der Waals surface area contributed by atoms with Crippen molar-refractivity contribution in [1.82, 2.24) is 19.5 Å². The number of carbonyl (C=O) groups is 1. The van der Waals surface area contributed by atoms with E-state index in [1.807, 2.05) is 17.0 Å². The molecule has 1 fully saturated rings. The summed E-state index contributed by atoms with van der Waals surface area (Å²) in [5, 5.41) is 4.13. The number of nitrogen functional groups attached to an aromatic ring is 1. The topological polar surface area (TPSA) is 89.7 Å². The third kappa shape index (κ3) is 2.44. The number of anilines is 1. The summed E-state index contributed by atoms with van der Waals surface area (Å²) in [5.41, 5.74) is 7.80. The maximum Gasteiger partial charge on any atom is 0.289 e. The Kier molecular flexibility index (Phi) is 3.25. The summed E-state index contributed by atoms with van der Waals surface area (Å²) < 4.78 is 6.83. The quantitative estimate of drug-likeness (QED) is 0.781. The van der Waals surface area contributed by atoms with Gasteiger partial charge in [0.25, 0.3) is 5.91 Å². The van der Waals surface area contributed by atoms with Crippen LogP contribution in [0.4, 0.5) is 5.95 Å². The predicted molar refractivity (Wildman–Crippen MR) is 84.0 cm³/mol. The van der Waals surface area contributed by atoms with Crippen LogP contribution in [0.1, 0.15) is 35.0 Å². The van der Waals surface area contributed by atoms with Crippen molar-refractivity contribution in [2.24, 2.45) is 0 Å². The molecule has 4 heterocycles. The molecule has 7 nitrogen and oxygen atoms in total. The van der Waals surface area contributed by atoms with E-state index in [9.17, 15) is 4.79 Å². The zero-order valence-electron chi connectivity index (χ0n) is 12.6. The van der Waals surface area contributed by atoms with Crippen molar-refractivity contribution in [3.63, 3.8) is 0 Å². The molecule has 0 saturated carbocycles. The monoisotopic (exact) mass is 311 g/mol. The first-order valence-corrected chi connectivity index (χ1v) is 7.65. The number of fused-ring (bicyclic) bond motifs is 1. The van der Waals surface area contributed by atoms with Gasteiger partial charge in [0.05, 0.1) is 23.7 Å². The number of nitrogens with zero attached hydrogens (tertiary/aromatic N) is 4. The molecule has 2 N–H and O–H groups in total. The molecule has 1 amide bonds. The first-order valence-electron chi connectivity index (χ1n) is 7.65. The predicted octanol–water partition coefficient (Wildman–Crippen LogP) is 1.92. The molecular formula is C16H17N5O2. The lowest BCUT2D eigenvalue weighted by Crippen LogP contribution is -2.39. The number of furan rings is 1. The van der Waals surface area contributed by atoms with E-state index in [1.54, 1.807) is 22.8 Å². The van der Waals surface area contributed by atoms with E-state index in [1.165, 1.54) is 6.26 Å². The van der Waals surface area contributed by atoms with Crippen molar-refractivity contribution in [2.45, 2.75) is 18.8 Å². The van der Waals surface area contributed by atoms with Gasteiger partial charge in [-0.3, -0.25) is 4.79 Å². The second-order valence-corrected chi connectivity index (χ2v) is 5.77. The Labute approximate surface area is 132 Å². The summed E-state index contributed by atoms with van der Waals surface area (Å²) in [6.45, 7) is 1.36. The number of carbonyl (C=O) groups excluding carboxylic acids is 1. The number of piperidine rings is 1. The Bertz CT molecular complexity index is 839. The second kappa shape index (κ2) is 5.42. The number of likely N-dealkylation sites (tertiary alicyclic amines) is 1. The summed E-state index contributed by atoms with van der Waals surface area (Å²) in [5.74, 6) is 0.851. The van der Waals surface area contributed by atoms with E-state index in [-0.39, 0.29) is 11.8 Å². The molecule has 0 unspecified atom stereocenters. The number of amides is 1. The van der Waals surface area contributed by atoms with Crippen LogP contribution < -0.4 is 5.73 Å². The average Bonchev–Trinajstić information content (AvgIpc) is 3.25. The minimum Gasteiger partial charge on any atom is -0.459 e. The Hall–Kier alpha value is -2.83. The first-order chi connectivity index (χ1) is 11.2. The van der Waals surface area contributed by atoms with Crippen molar-refractivity contribution >= 4 is 17.4 Å². The number of hydrogen-bond acceptors (Lipinski definition) is 5. The van der Waals surface area contributed by atoms with E-state index < -0.39 is 0 Å². The summed E-state index contributed by atoms with van der Waals surface area (Å²) in [4.78, 5) is 18.7. The third-order valence-electron chi connectivity index (χ3n) is 4.29. The van der Waals surface area contributed by atoms with Gasteiger partial charge >= 0.3 is 0 Å². The average molecular weight is 311 g/mol. The molecule has 0 bridgehead atoms. The van der Waals surface area contributed by atoms with Crippen LogP contribution in [-0.4, -0.2) is 38.5 Å². The van der Waals surface area contributed by atoms with Gasteiger partial charge in [-0.1, -0.05) is 0 Å². The van der Waals surface area contributed by atoms with E-state index in [0.717, 1.165) is 30.6 Å².